The van der Waals surface area contributed by atoms with Crippen LogP contribution in [0.3, 0.4) is 0 Å². The van der Waals surface area contributed by atoms with E-state index in [0.717, 1.165) is 18.8 Å². The number of morpholine rings is 1. The van der Waals surface area contributed by atoms with Crippen molar-refractivity contribution >= 4 is 23.0 Å². The van der Waals surface area contributed by atoms with Crippen molar-refractivity contribution in [1.29, 1.82) is 0 Å². The summed E-state index contributed by atoms with van der Waals surface area (Å²) >= 11 is 0. The van der Waals surface area contributed by atoms with Gasteiger partial charge < -0.3 is 15.0 Å². The van der Waals surface area contributed by atoms with E-state index in [1.165, 1.54) is 12.1 Å². The van der Waals surface area contributed by atoms with Crippen molar-refractivity contribution in [1.82, 2.24) is 0 Å². The number of nitro groups is 1. The fourth-order valence-corrected chi connectivity index (χ4v) is 3.49. The molecule has 1 aliphatic heterocycles. The molecular weight excluding hydrogens is 346 g/mol. The lowest BCUT2D eigenvalue weighted by Gasteiger charge is -2.37. The molecule has 1 aliphatic rings. The van der Waals surface area contributed by atoms with Crippen molar-refractivity contribution in [3.63, 3.8) is 0 Å². The maximum absolute atomic E-state index is 12.8. The Morgan fingerprint density at radius 1 is 1.15 bits per heavy atom. The molecule has 1 N–H and O–H groups in total. The van der Waals surface area contributed by atoms with Gasteiger partial charge in [0.15, 0.2) is 0 Å². The van der Waals surface area contributed by atoms with Crippen molar-refractivity contribution in [3.8, 4) is 0 Å². The number of rotatable bonds is 4. The molecule has 27 heavy (non-hydrogen) atoms. The third-order valence-corrected chi connectivity index (χ3v) is 4.66. The molecule has 0 saturated carbocycles. The van der Waals surface area contributed by atoms with Gasteiger partial charge in [-0.1, -0.05) is 18.2 Å². The van der Waals surface area contributed by atoms with Crippen molar-refractivity contribution in [3.05, 3.63) is 63.7 Å². The Bertz CT molecular complexity index is 858. The van der Waals surface area contributed by atoms with Crippen LogP contribution in [0.4, 0.5) is 17.1 Å². The quantitative estimate of drug-likeness (QED) is 0.655. The molecule has 2 aromatic carbocycles. The first-order valence-corrected chi connectivity index (χ1v) is 8.91. The van der Waals surface area contributed by atoms with Gasteiger partial charge in [-0.15, -0.1) is 0 Å². The number of anilines is 2. The molecule has 0 aliphatic carbocycles. The zero-order valence-electron chi connectivity index (χ0n) is 15.6. The number of amides is 1. The molecule has 7 heteroatoms. The van der Waals surface area contributed by atoms with Gasteiger partial charge >= 0.3 is 0 Å². The average Bonchev–Trinajstić information content (AvgIpc) is 2.61. The Kier molecular flexibility index (Phi) is 5.41. The van der Waals surface area contributed by atoms with E-state index in [0.29, 0.717) is 16.8 Å². The SMILES string of the molecule is Cc1c(C(=O)Nc2ccccc2N2CC(C)OC(C)C2)cccc1[N+](=O)[O-]. The number of benzene rings is 2. The summed E-state index contributed by atoms with van der Waals surface area (Å²) in [6.45, 7) is 7.09. The topological polar surface area (TPSA) is 84.7 Å². The van der Waals surface area contributed by atoms with Gasteiger partial charge in [0.2, 0.25) is 0 Å². The van der Waals surface area contributed by atoms with E-state index in [9.17, 15) is 14.9 Å². The third-order valence-electron chi connectivity index (χ3n) is 4.66. The third kappa shape index (κ3) is 4.09. The predicted molar refractivity (Wildman–Crippen MR) is 104 cm³/mol. The van der Waals surface area contributed by atoms with Crippen molar-refractivity contribution in [2.45, 2.75) is 33.0 Å². The molecule has 0 spiro atoms. The van der Waals surface area contributed by atoms with Gasteiger partial charge in [-0.25, -0.2) is 0 Å². The van der Waals surface area contributed by atoms with E-state index >= 15 is 0 Å². The van der Waals surface area contributed by atoms with Crippen LogP contribution < -0.4 is 10.2 Å². The number of carbonyl (C=O) groups is 1. The van der Waals surface area contributed by atoms with E-state index in [1.807, 2.05) is 38.1 Å². The molecule has 1 fully saturated rings. The zero-order valence-corrected chi connectivity index (χ0v) is 15.6. The molecule has 1 saturated heterocycles. The molecule has 0 aromatic heterocycles. The lowest BCUT2D eigenvalue weighted by molar-refractivity contribution is -0.385. The van der Waals surface area contributed by atoms with E-state index in [-0.39, 0.29) is 23.8 Å². The number of nitrogens with one attached hydrogen (secondary N) is 1. The smallest absolute Gasteiger partial charge is 0.273 e. The number of para-hydroxylation sites is 2. The highest BCUT2D eigenvalue weighted by Crippen LogP contribution is 2.30. The minimum Gasteiger partial charge on any atom is -0.372 e. The summed E-state index contributed by atoms with van der Waals surface area (Å²) in [6.07, 6.45) is 0.188. The summed E-state index contributed by atoms with van der Waals surface area (Å²) in [7, 11) is 0. The summed E-state index contributed by atoms with van der Waals surface area (Å²) in [5.41, 5.74) is 2.17. The van der Waals surface area contributed by atoms with Gasteiger partial charge in [-0.3, -0.25) is 14.9 Å². The van der Waals surface area contributed by atoms with Crippen molar-refractivity contribution < 1.29 is 14.5 Å². The van der Waals surface area contributed by atoms with Crippen LogP contribution in [-0.4, -0.2) is 36.1 Å². The molecular formula is C20H23N3O4. The fourth-order valence-electron chi connectivity index (χ4n) is 3.49. The highest BCUT2D eigenvalue weighted by atomic mass is 16.6. The first-order chi connectivity index (χ1) is 12.9. The Morgan fingerprint density at radius 2 is 1.81 bits per heavy atom. The zero-order chi connectivity index (χ0) is 19.6. The van der Waals surface area contributed by atoms with Crippen LogP contribution in [-0.2, 0) is 4.74 Å². The number of nitrogens with zero attached hydrogens (tertiary/aromatic N) is 2. The summed E-state index contributed by atoms with van der Waals surface area (Å²) < 4.78 is 5.79. The van der Waals surface area contributed by atoms with Crippen LogP contribution in [0, 0.1) is 17.0 Å². The predicted octanol–water partition coefficient (Wildman–Crippen LogP) is 3.77. The van der Waals surface area contributed by atoms with Crippen LogP contribution in [0.5, 0.6) is 0 Å². The van der Waals surface area contributed by atoms with Gasteiger partial charge in [0, 0.05) is 30.3 Å². The first kappa shape index (κ1) is 18.8. The molecule has 7 nitrogen and oxygen atoms in total. The molecule has 2 aromatic rings. The number of carbonyl (C=O) groups excluding carboxylic acids is 1. The highest BCUT2D eigenvalue weighted by Gasteiger charge is 2.25. The van der Waals surface area contributed by atoms with Gasteiger partial charge in [0.05, 0.1) is 28.5 Å². The van der Waals surface area contributed by atoms with E-state index < -0.39 is 4.92 Å². The Hall–Kier alpha value is -2.93. The summed E-state index contributed by atoms with van der Waals surface area (Å²) in [5, 5.41) is 14.0. The summed E-state index contributed by atoms with van der Waals surface area (Å²) in [4.78, 5) is 25.6. The van der Waals surface area contributed by atoms with Gasteiger partial charge in [-0.2, -0.15) is 0 Å². The Labute approximate surface area is 158 Å². The number of hydrogen-bond acceptors (Lipinski definition) is 5. The average molecular weight is 369 g/mol. The van der Waals surface area contributed by atoms with Crippen LogP contribution in [0.2, 0.25) is 0 Å². The minimum absolute atomic E-state index is 0.0632. The van der Waals surface area contributed by atoms with Crippen LogP contribution >= 0.6 is 0 Å². The second kappa shape index (κ2) is 7.75. The largest absolute Gasteiger partial charge is 0.372 e. The number of hydrogen-bond donors (Lipinski definition) is 1. The second-order valence-corrected chi connectivity index (χ2v) is 6.84. The Morgan fingerprint density at radius 3 is 2.48 bits per heavy atom. The minimum atomic E-state index is -0.476. The highest BCUT2D eigenvalue weighted by molar-refractivity contribution is 6.07. The van der Waals surface area contributed by atoms with Crippen LogP contribution in [0.25, 0.3) is 0 Å². The standard InChI is InChI=1S/C20H23N3O4/c1-13-11-22(12-14(2)27-13)19-9-5-4-8-17(19)21-20(24)16-7-6-10-18(15(16)3)23(25)26/h4-10,13-14H,11-12H2,1-3H3,(H,21,24). The lowest BCUT2D eigenvalue weighted by Crippen LogP contribution is -2.45. The van der Waals surface area contributed by atoms with Crippen LogP contribution in [0.1, 0.15) is 29.8 Å². The normalized spacial score (nSPS) is 19.6. The molecule has 3 rings (SSSR count). The van der Waals surface area contributed by atoms with Gasteiger partial charge in [-0.05, 0) is 39.0 Å². The van der Waals surface area contributed by atoms with E-state index in [4.69, 9.17) is 4.74 Å². The lowest BCUT2D eigenvalue weighted by atomic mass is 10.1. The van der Waals surface area contributed by atoms with Crippen molar-refractivity contribution in [2.24, 2.45) is 0 Å². The van der Waals surface area contributed by atoms with E-state index in [1.54, 1.807) is 13.0 Å². The first-order valence-electron chi connectivity index (χ1n) is 8.91. The van der Waals surface area contributed by atoms with Gasteiger partial charge in [0.1, 0.15) is 0 Å². The molecule has 1 amide bonds. The summed E-state index contributed by atoms with van der Waals surface area (Å²) in [5.74, 6) is -0.363. The number of nitro benzene ring substituents is 1. The maximum Gasteiger partial charge on any atom is 0.273 e. The molecule has 2 unspecified atom stereocenters. The molecule has 2 atom stereocenters. The second-order valence-electron chi connectivity index (χ2n) is 6.84. The monoisotopic (exact) mass is 369 g/mol. The Balaban J connectivity index is 1.88. The van der Waals surface area contributed by atoms with E-state index in [2.05, 4.69) is 10.2 Å². The van der Waals surface area contributed by atoms with Gasteiger partial charge in [0.25, 0.3) is 11.6 Å². The fraction of sp³-hybridized carbons (Fsp3) is 0.350. The van der Waals surface area contributed by atoms with Crippen molar-refractivity contribution in [2.75, 3.05) is 23.3 Å². The maximum atomic E-state index is 12.8. The molecule has 1 heterocycles. The molecule has 0 bridgehead atoms. The molecule has 142 valence electrons. The summed E-state index contributed by atoms with van der Waals surface area (Å²) in [6, 6.07) is 12.1. The number of ether oxygens (including phenoxy) is 1. The van der Waals surface area contributed by atoms with Crippen LogP contribution in [0.15, 0.2) is 42.5 Å². The molecule has 0 radical (unpaired) electrons.